The number of imidazole rings is 1. The van der Waals surface area contributed by atoms with Crippen molar-refractivity contribution < 1.29 is 0 Å². The quantitative estimate of drug-likeness (QED) is 0.615. The molecule has 0 N–H and O–H groups in total. The third-order valence-electron chi connectivity index (χ3n) is 2.63. The minimum absolute atomic E-state index is 0.150. The molecular formula is C13H13BN4O. The minimum atomic E-state index is -0.150. The van der Waals surface area contributed by atoms with E-state index >= 15 is 0 Å². The Kier molecular flexibility index (Phi) is 3.80. The van der Waals surface area contributed by atoms with Gasteiger partial charge < -0.3 is 4.40 Å². The van der Waals surface area contributed by atoms with Gasteiger partial charge in [0.25, 0.3) is 5.56 Å². The summed E-state index contributed by atoms with van der Waals surface area (Å²) < 4.78 is 3.23. The van der Waals surface area contributed by atoms with Crippen LogP contribution < -0.4 is 5.56 Å². The molecule has 3 heterocycles. The average molecular weight is 252 g/mol. The standard InChI is InChI=1S/C12H10N4O.CH3B/c1-9-2-3-10(8-14-9)16-7-6-15-5-4-13-11(15)12(16)17;1-2/h2-8H,1H3;1H3. The van der Waals surface area contributed by atoms with Crippen LogP contribution in [-0.4, -0.2) is 26.8 Å². The van der Waals surface area contributed by atoms with E-state index in [0.29, 0.717) is 5.65 Å². The van der Waals surface area contributed by atoms with E-state index in [9.17, 15) is 4.79 Å². The van der Waals surface area contributed by atoms with Crippen LogP contribution in [0.25, 0.3) is 11.3 Å². The highest BCUT2D eigenvalue weighted by Gasteiger charge is 2.05. The maximum Gasteiger partial charge on any atom is 0.298 e. The van der Waals surface area contributed by atoms with E-state index in [1.54, 1.807) is 35.4 Å². The fourth-order valence-corrected chi connectivity index (χ4v) is 1.72. The Morgan fingerprint density at radius 3 is 2.58 bits per heavy atom. The minimum Gasteiger partial charge on any atom is -0.301 e. The number of aromatic nitrogens is 4. The Labute approximate surface area is 112 Å². The van der Waals surface area contributed by atoms with Crippen LogP contribution >= 0.6 is 0 Å². The van der Waals surface area contributed by atoms with E-state index in [4.69, 9.17) is 0 Å². The smallest absolute Gasteiger partial charge is 0.298 e. The molecule has 0 aliphatic rings. The molecule has 19 heavy (non-hydrogen) atoms. The Hall–Kier alpha value is -2.37. The fraction of sp³-hybridized carbons (Fsp3) is 0.154. The van der Waals surface area contributed by atoms with Gasteiger partial charge in [-0.25, -0.2) is 4.98 Å². The van der Waals surface area contributed by atoms with Gasteiger partial charge in [0.05, 0.1) is 19.7 Å². The molecular weight excluding hydrogens is 239 g/mol. The molecule has 3 aromatic heterocycles. The van der Waals surface area contributed by atoms with Crippen molar-refractivity contribution in [2.75, 3.05) is 0 Å². The lowest BCUT2D eigenvalue weighted by molar-refractivity contribution is 0.938. The number of fused-ring (bicyclic) bond motifs is 1. The first-order chi connectivity index (χ1) is 9.25. The maximum absolute atomic E-state index is 12.1. The fourth-order valence-electron chi connectivity index (χ4n) is 1.72. The van der Waals surface area contributed by atoms with Crippen LogP contribution in [0.4, 0.5) is 0 Å². The van der Waals surface area contributed by atoms with Crippen molar-refractivity contribution in [3.05, 3.63) is 59.2 Å². The first-order valence-electron chi connectivity index (χ1n) is 5.81. The predicted molar refractivity (Wildman–Crippen MR) is 74.9 cm³/mol. The number of rotatable bonds is 1. The van der Waals surface area contributed by atoms with Crippen LogP contribution in [0, 0.1) is 6.92 Å². The van der Waals surface area contributed by atoms with Crippen molar-refractivity contribution in [3.63, 3.8) is 0 Å². The first kappa shape index (κ1) is 13.1. The lowest BCUT2D eigenvalue weighted by Gasteiger charge is -2.05. The molecule has 0 aromatic carbocycles. The van der Waals surface area contributed by atoms with Gasteiger partial charge in [0.2, 0.25) is 5.65 Å². The Morgan fingerprint density at radius 2 is 1.89 bits per heavy atom. The summed E-state index contributed by atoms with van der Waals surface area (Å²) in [5.74, 6) is 0. The normalized spacial score (nSPS) is 10.0. The summed E-state index contributed by atoms with van der Waals surface area (Å²) in [5.41, 5.74) is 1.92. The largest absolute Gasteiger partial charge is 0.301 e. The second-order valence-electron chi connectivity index (χ2n) is 3.79. The molecule has 0 saturated heterocycles. The summed E-state index contributed by atoms with van der Waals surface area (Å²) in [5, 5.41) is 0. The van der Waals surface area contributed by atoms with Gasteiger partial charge in [-0.1, -0.05) is 6.82 Å². The highest BCUT2D eigenvalue weighted by atomic mass is 16.1. The van der Waals surface area contributed by atoms with E-state index in [1.165, 1.54) is 11.4 Å². The Bertz CT molecular complexity index is 730. The van der Waals surface area contributed by atoms with Gasteiger partial charge in [-0.05, 0) is 19.1 Å². The van der Waals surface area contributed by atoms with E-state index in [-0.39, 0.29) is 5.56 Å². The molecule has 0 aliphatic carbocycles. The Balaban J connectivity index is 0.000000637. The predicted octanol–water partition coefficient (Wildman–Crippen LogP) is 1.39. The molecule has 0 aliphatic heterocycles. The average Bonchev–Trinajstić information content (AvgIpc) is 2.92. The van der Waals surface area contributed by atoms with Gasteiger partial charge in [-0.2, -0.15) is 0 Å². The first-order valence-corrected chi connectivity index (χ1v) is 5.81. The molecule has 0 unspecified atom stereocenters. The summed E-state index contributed by atoms with van der Waals surface area (Å²) in [4.78, 5) is 20.3. The molecule has 0 atom stereocenters. The van der Waals surface area contributed by atoms with E-state index in [2.05, 4.69) is 17.8 Å². The molecule has 3 rings (SSSR count). The highest BCUT2D eigenvalue weighted by Crippen LogP contribution is 2.04. The van der Waals surface area contributed by atoms with Crippen LogP contribution in [0.3, 0.4) is 0 Å². The van der Waals surface area contributed by atoms with E-state index < -0.39 is 0 Å². The molecule has 5 nitrogen and oxygen atoms in total. The van der Waals surface area contributed by atoms with Crippen molar-refractivity contribution in [2.45, 2.75) is 13.7 Å². The van der Waals surface area contributed by atoms with Gasteiger partial charge in [0.1, 0.15) is 0 Å². The van der Waals surface area contributed by atoms with Crippen molar-refractivity contribution in [1.29, 1.82) is 0 Å². The van der Waals surface area contributed by atoms with Crippen LogP contribution in [0.1, 0.15) is 5.69 Å². The second-order valence-corrected chi connectivity index (χ2v) is 3.79. The molecule has 2 radical (unpaired) electrons. The molecule has 0 fully saturated rings. The van der Waals surface area contributed by atoms with Crippen LogP contribution in [-0.2, 0) is 0 Å². The summed E-state index contributed by atoms with van der Waals surface area (Å²) in [7, 11) is 4.50. The van der Waals surface area contributed by atoms with Gasteiger partial charge in [0, 0.05) is 30.5 Å². The number of hydrogen-bond donors (Lipinski definition) is 0. The second kappa shape index (κ2) is 5.52. The molecule has 0 amide bonds. The van der Waals surface area contributed by atoms with Crippen molar-refractivity contribution >= 4 is 13.5 Å². The monoisotopic (exact) mass is 252 g/mol. The molecule has 6 heteroatoms. The molecule has 0 spiro atoms. The third kappa shape index (κ3) is 2.42. The lowest BCUT2D eigenvalue weighted by Crippen LogP contribution is -2.20. The van der Waals surface area contributed by atoms with Crippen LogP contribution in [0.2, 0.25) is 6.82 Å². The lowest BCUT2D eigenvalue weighted by atomic mass is 10.2. The number of nitrogens with zero attached hydrogens (tertiary/aromatic N) is 4. The summed E-state index contributed by atoms with van der Waals surface area (Å²) in [6, 6.07) is 3.74. The van der Waals surface area contributed by atoms with Crippen molar-refractivity contribution in [3.8, 4) is 5.69 Å². The summed E-state index contributed by atoms with van der Waals surface area (Å²) in [6.45, 7) is 3.41. The Morgan fingerprint density at radius 1 is 1.11 bits per heavy atom. The van der Waals surface area contributed by atoms with Crippen molar-refractivity contribution in [1.82, 2.24) is 18.9 Å². The SMILES string of the molecule is Cc1ccc(-n2ccn3ccnc3c2=O)cn1.[B]C. The zero-order valence-electron chi connectivity index (χ0n) is 10.8. The topological polar surface area (TPSA) is 52.2 Å². The summed E-state index contributed by atoms with van der Waals surface area (Å²) >= 11 is 0. The van der Waals surface area contributed by atoms with Gasteiger partial charge in [0.15, 0.2) is 0 Å². The molecule has 3 aromatic rings. The van der Waals surface area contributed by atoms with E-state index in [0.717, 1.165) is 11.4 Å². The van der Waals surface area contributed by atoms with Gasteiger partial charge in [-0.15, -0.1) is 0 Å². The van der Waals surface area contributed by atoms with E-state index in [1.807, 2.05) is 19.1 Å². The van der Waals surface area contributed by atoms with Crippen molar-refractivity contribution in [2.24, 2.45) is 0 Å². The molecule has 94 valence electrons. The number of hydrogen-bond acceptors (Lipinski definition) is 3. The maximum atomic E-state index is 12.1. The zero-order valence-corrected chi connectivity index (χ0v) is 10.8. The number of aryl methyl sites for hydroxylation is 1. The van der Waals surface area contributed by atoms with Gasteiger partial charge >= 0.3 is 0 Å². The molecule has 0 bridgehead atoms. The van der Waals surface area contributed by atoms with Gasteiger partial charge in [-0.3, -0.25) is 14.3 Å². The summed E-state index contributed by atoms with van der Waals surface area (Å²) in [6.07, 6.45) is 8.53. The third-order valence-corrected chi connectivity index (χ3v) is 2.63. The number of pyridine rings is 1. The van der Waals surface area contributed by atoms with Crippen LogP contribution in [0.15, 0.2) is 47.9 Å². The van der Waals surface area contributed by atoms with Crippen LogP contribution in [0.5, 0.6) is 0 Å². The highest BCUT2D eigenvalue weighted by molar-refractivity contribution is 6.05. The molecule has 0 saturated carbocycles. The zero-order chi connectivity index (χ0) is 13.8.